The van der Waals surface area contributed by atoms with E-state index in [0.717, 1.165) is 24.6 Å². The van der Waals surface area contributed by atoms with Crippen LogP contribution >= 0.6 is 0 Å². The fourth-order valence-corrected chi connectivity index (χ4v) is 1.85. The summed E-state index contributed by atoms with van der Waals surface area (Å²) >= 11 is 0. The van der Waals surface area contributed by atoms with Gasteiger partial charge in [0.15, 0.2) is 0 Å². The van der Waals surface area contributed by atoms with Crippen LogP contribution in [0.5, 0.6) is 5.88 Å². The second-order valence-electron chi connectivity index (χ2n) is 4.46. The maximum absolute atomic E-state index is 5.78. The van der Waals surface area contributed by atoms with Gasteiger partial charge in [-0.1, -0.05) is 6.92 Å². The van der Waals surface area contributed by atoms with E-state index in [-0.39, 0.29) is 0 Å². The molecule has 0 saturated heterocycles. The minimum atomic E-state index is 0.521. The van der Waals surface area contributed by atoms with Crippen LogP contribution in [-0.2, 0) is 6.42 Å². The average Bonchev–Trinajstić information content (AvgIpc) is 3.13. The first-order chi connectivity index (χ1) is 8.22. The summed E-state index contributed by atoms with van der Waals surface area (Å²) in [5, 5.41) is 0. The van der Waals surface area contributed by atoms with E-state index in [2.05, 4.69) is 21.9 Å². The van der Waals surface area contributed by atoms with Gasteiger partial charge >= 0.3 is 0 Å². The van der Waals surface area contributed by atoms with Gasteiger partial charge in [-0.05, 0) is 26.3 Å². The van der Waals surface area contributed by atoms with Crippen molar-refractivity contribution >= 4 is 5.82 Å². The second kappa shape index (κ2) is 5.31. The van der Waals surface area contributed by atoms with Crippen LogP contribution in [0.3, 0.4) is 0 Å². The number of hydrogen-bond donors (Lipinski definition) is 1. The first-order valence-electron chi connectivity index (χ1n) is 6.14. The molecule has 1 aromatic rings. The van der Waals surface area contributed by atoms with Crippen LogP contribution in [0.2, 0.25) is 0 Å². The van der Waals surface area contributed by atoms with Crippen LogP contribution in [0.1, 0.15) is 25.3 Å². The number of ether oxygens (including phenoxy) is 1. The van der Waals surface area contributed by atoms with Crippen molar-refractivity contribution < 1.29 is 4.74 Å². The molecule has 0 amide bonds. The molecule has 1 saturated carbocycles. The average molecular weight is 236 g/mol. The summed E-state index contributed by atoms with van der Waals surface area (Å²) in [4.78, 5) is 10.4. The Labute approximate surface area is 102 Å². The fraction of sp³-hybridized carbons (Fsp3) is 0.667. The van der Waals surface area contributed by atoms with E-state index in [1.807, 2.05) is 6.92 Å². The maximum atomic E-state index is 5.78. The van der Waals surface area contributed by atoms with Gasteiger partial charge in [0.1, 0.15) is 18.8 Å². The third kappa shape index (κ3) is 3.06. The number of anilines is 1. The van der Waals surface area contributed by atoms with Gasteiger partial charge in [-0.15, -0.1) is 0 Å². The van der Waals surface area contributed by atoms with Gasteiger partial charge in [0.2, 0.25) is 5.88 Å². The van der Waals surface area contributed by atoms with E-state index in [1.165, 1.54) is 19.2 Å². The summed E-state index contributed by atoms with van der Waals surface area (Å²) < 4.78 is 5.68. The molecule has 1 aliphatic carbocycles. The van der Waals surface area contributed by atoms with Crippen molar-refractivity contribution in [3.05, 3.63) is 11.9 Å². The van der Waals surface area contributed by atoms with Crippen LogP contribution in [0, 0.1) is 0 Å². The number of rotatable bonds is 6. The number of likely N-dealkylation sites (N-methyl/N-ethyl adjacent to an activating group) is 1. The van der Waals surface area contributed by atoms with Gasteiger partial charge in [-0.3, -0.25) is 0 Å². The summed E-state index contributed by atoms with van der Waals surface area (Å²) in [6.45, 7) is 3.60. The molecule has 2 N–H and O–H groups in total. The molecule has 0 aromatic carbocycles. The van der Waals surface area contributed by atoms with Crippen molar-refractivity contribution in [3.63, 3.8) is 0 Å². The molecular weight excluding hydrogens is 216 g/mol. The minimum Gasteiger partial charge on any atom is -0.476 e. The van der Waals surface area contributed by atoms with E-state index in [0.29, 0.717) is 18.3 Å². The van der Waals surface area contributed by atoms with Crippen molar-refractivity contribution in [2.75, 3.05) is 25.9 Å². The molecule has 5 heteroatoms. The first-order valence-corrected chi connectivity index (χ1v) is 6.14. The predicted molar refractivity (Wildman–Crippen MR) is 67.0 cm³/mol. The van der Waals surface area contributed by atoms with Gasteiger partial charge in [0.05, 0.1) is 5.56 Å². The molecule has 0 radical (unpaired) electrons. The summed E-state index contributed by atoms with van der Waals surface area (Å²) in [7, 11) is 2.14. The van der Waals surface area contributed by atoms with Gasteiger partial charge in [0, 0.05) is 12.6 Å². The van der Waals surface area contributed by atoms with E-state index in [1.54, 1.807) is 0 Å². The maximum Gasteiger partial charge on any atom is 0.221 e. The molecule has 0 atom stereocenters. The van der Waals surface area contributed by atoms with Gasteiger partial charge < -0.3 is 15.4 Å². The smallest absolute Gasteiger partial charge is 0.221 e. The molecule has 17 heavy (non-hydrogen) atoms. The normalized spacial score (nSPS) is 15.2. The zero-order valence-electron chi connectivity index (χ0n) is 10.5. The Balaban J connectivity index is 1.87. The van der Waals surface area contributed by atoms with E-state index < -0.39 is 0 Å². The quantitative estimate of drug-likeness (QED) is 0.801. The van der Waals surface area contributed by atoms with Crippen LogP contribution in [0.4, 0.5) is 5.82 Å². The minimum absolute atomic E-state index is 0.521. The van der Waals surface area contributed by atoms with Crippen LogP contribution in [0.25, 0.3) is 0 Å². The Hall–Kier alpha value is -1.36. The fourth-order valence-electron chi connectivity index (χ4n) is 1.85. The highest BCUT2D eigenvalue weighted by molar-refractivity contribution is 5.44. The van der Waals surface area contributed by atoms with Gasteiger partial charge in [-0.25, -0.2) is 9.97 Å². The van der Waals surface area contributed by atoms with Crippen LogP contribution < -0.4 is 10.5 Å². The predicted octanol–water partition coefficient (Wildman–Crippen LogP) is 1.09. The van der Waals surface area contributed by atoms with E-state index in [9.17, 15) is 0 Å². The first kappa shape index (κ1) is 12.1. The molecule has 1 fully saturated rings. The molecule has 0 spiro atoms. The zero-order chi connectivity index (χ0) is 12.3. The Bertz CT molecular complexity index is 379. The van der Waals surface area contributed by atoms with Gasteiger partial charge in [-0.2, -0.15) is 0 Å². The van der Waals surface area contributed by atoms with Crippen molar-refractivity contribution in [3.8, 4) is 5.88 Å². The second-order valence-corrected chi connectivity index (χ2v) is 4.46. The molecule has 1 aliphatic rings. The number of nitrogens with two attached hydrogens (primary N) is 1. The molecular formula is C12H20N4O. The lowest BCUT2D eigenvalue weighted by Crippen LogP contribution is -2.26. The third-order valence-electron chi connectivity index (χ3n) is 3.15. The lowest BCUT2D eigenvalue weighted by molar-refractivity contribution is 0.225. The lowest BCUT2D eigenvalue weighted by atomic mass is 10.2. The highest BCUT2D eigenvalue weighted by Gasteiger charge is 2.25. The Morgan fingerprint density at radius 1 is 1.47 bits per heavy atom. The number of hydrogen-bond acceptors (Lipinski definition) is 5. The van der Waals surface area contributed by atoms with Gasteiger partial charge in [0.25, 0.3) is 0 Å². The monoisotopic (exact) mass is 236 g/mol. The Morgan fingerprint density at radius 2 is 2.24 bits per heavy atom. The third-order valence-corrected chi connectivity index (χ3v) is 3.15. The number of aromatic nitrogens is 2. The van der Waals surface area contributed by atoms with Crippen LogP contribution in [-0.4, -0.2) is 41.1 Å². The van der Waals surface area contributed by atoms with Crippen LogP contribution in [0.15, 0.2) is 6.33 Å². The Kier molecular flexibility index (Phi) is 3.78. The highest BCUT2D eigenvalue weighted by atomic mass is 16.5. The molecule has 1 aromatic heterocycles. The lowest BCUT2D eigenvalue weighted by Gasteiger charge is -2.16. The Morgan fingerprint density at radius 3 is 2.88 bits per heavy atom. The summed E-state index contributed by atoms with van der Waals surface area (Å²) in [5.41, 5.74) is 6.68. The van der Waals surface area contributed by atoms with Crippen molar-refractivity contribution in [1.29, 1.82) is 0 Å². The highest BCUT2D eigenvalue weighted by Crippen LogP contribution is 2.25. The summed E-state index contributed by atoms with van der Waals surface area (Å²) in [5.74, 6) is 1.15. The molecule has 94 valence electrons. The molecule has 0 bridgehead atoms. The number of nitrogens with zero attached hydrogens (tertiary/aromatic N) is 3. The molecule has 5 nitrogen and oxygen atoms in total. The van der Waals surface area contributed by atoms with Crippen molar-refractivity contribution in [2.24, 2.45) is 0 Å². The van der Waals surface area contributed by atoms with Crippen molar-refractivity contribution in [1.82, 2.24) is 14.9 Å². The largest absolute Gasteiger partial charge is 0.476 e. The number of nitrogen functional groups attached to an aromatic ring is 1. The molecule has 0 unspecified atom stereocenters. The molecule has 0 aliphatic heterocycles. The molecule has 1 heterocycles. The summed E-state index contributed by atoms with van der Waals surface area (Å²) in [6, 6.07) is 0.764. The van der Waals surface area contributed by atoms with E-state index in [4.69, 9.17) is 10.5 Å². The topological polar surface area (TPSA) is 64.3 Å². The zero-order valence-corrected chi connectivity index (χ0v) is 10.5. The van der Waals surface area contributed by atoms with E-state index >= 15 is 0 Å². The summed E-state index contributed by atoms with van der Waals surface area (Å²) in [6.07, 6.45) is 4.88. The molecule has 2 rings (SSSR count). The standard InChI is InChI=1S/C12H20N4O/c1-3-10-11(13)14-8-15-12(10)17-7-6-16(2)9-4-5-9/h8-9H,3-7H2,1-2H3,(H2,13,14,15). The SMILES string of the molecule is CCc1c(N)ncnc1OCCN(C)C1CC1. The van der Waals surface area contributed by atoms with Crippen molar-refractivity contribution in [2.45, 2.75) is 32.2 Å².